The van der Waals surface area contributed by atoms with Crippen molar-refractivity contribution in [2.75, 3.05) is 0 Å². The van der Waals surface area contributed by atoms with Gasteiger partial charge in [-0.1, -0.05) is 23.2 Å². The van der Waals surface area contributed by atoms with Gasteiger partial charge in [-0.3, -0.25) is 19.4 Å². The summed E-state index contributed by atoms with van der Waals surface area (Å²) in [5.74, 6) is -2.01. The van der Waals surface area contributed by atoms with Crippen LogP contribution in [0.3, 0.4) is 0 Å². The molecule has 0 aliphatic rings. The molecule has 0 fully saturated rings. The molecule has 17 heteroatoms. The van der Waals surface area contributed by atoms with Crippen LogP contribution in [0.4, 0.5) is 4.39 Å². The number of nitrogens with zero attached hydrogens (tertiary/aromatic N) is 6. The molecule has 0 unspecified atom stereocenters. The van der Waals surface area contributed by atoms with Crippen molar-refractivity contribution < 1.29 is 18.8 Å². The van der Waals surface area contributed by atoms with Crippen molar-refractivity contribution in [2.45, 2.75) is 6.92 Å². The van der Waals surface area contributed by atoms with Crippen LogP contribution in [0.2, 0.25) is 10.3 Å². The monoisotopic (exact) mass is 875 g/mol. The van der Waals surface area contributed by atoms with Crippen LogP contribution in [0.15, 0.2) is 110 Å². The van der Waals surface area contributed by atoms with Gasteiger partial charge in [0.05, 0.1) is 34.3 Å². The molecule has 0 radical (unpaired) electrons. The van der Waals surface area contributed by atoms with Gasteiger partial charge in [0.1, 0.15) is 33.2 Å². The van der Waals surface area contributed by atoms with Gasteiger partial charge in [0.15, 0.2) is 0 Å². The normalized spacial score (nSPS) is 10.7. The summed E-state index contributed by atoms with van der Waals surface area (Å²) in [6.07, 6.45) is 6.42. The number of hydrogen-bond acceptors (Lipinski definition) is 8. The number of amides is 3. The lowest BCUT2D eigenvalue weighted by atomic mass is 10.0. The number of hydrogen-bond donors (Lipinski definition) is 5. The van der Waals surface area contributed by atoms with E-state index in [4.69, 9.17) is 50.9 Å². The molecule has 0 saturated carbocycles. The van der Waals surface area contributed by atoms with Gasteiger partial charge in [-0.15, -0.1) is 0 Å². The maximum absolute atomic E-state index is 13.8. The van der Waals surface area contributed by atoms with Crippen LogP contribution in [0.1, 0.15) is 48.2 Å². The maximum Gasteiger partial charge on any atom is 0.266 e. The Hall–Kier alpha value is -8.37. The summed E-state index contributed by atoms with van der Waals surface area (Å²) >= 11 is 11.9. The van der Waals surface area contributed by atoms with Crippen LogP contribution >= 0.6 is 23.2 Å². The molecule has 310 valence electrons. The molecule has 0 aliphatic heterocycles. The molecule has 14 nitrogen and oxygen atoms in total. The average molecular weight is 877 g/mol. The highest BCUT2D eigenvalue weighted by molar-refractivity contribution is 6.30. The summed E-state index contributed by atoms with van der Waals surface area (Å²) in [6, 6.07) is 27.8. The first-order valence-corrected chi connectivity index (χ1v) is 19.4. The van der Waals surface area contributed by atoms with Crippen LogP contribution in [-0.2, 0) is 7.05 Å². The standard InChI is InChI=1S/C16H11ClN4O.C15H9ClN4O.C15H12FN3O/c1-21-12-3-2-9(8-18)6-11(12)14(15(21)16(19)22)10-4-5-20-13(17)7-10;16-13-6-9(1-2-19-13)11-4-8(7-17)3-10-5-12(15(18)21)20-14(10)11;1-8-11-6-10(16)7-12(9-2-4-18-5-3-9)14(11)19-13(8)15(17)20/h2-7H,1H3,(H2,19,22);1-6,20H,(H2,18,21);2-7,19H,1H3,(H2,17,20). The van der Waals surface area contributed by atoms with Gasteiger partial charge in [-0.05, 0) is 114 Å². The zero-order valence-electron chi connectivity index (χ0n) is 33.2. The van der Waals surface area contributed by atoms with E-state index in [-0.39, 0.29) is 5.82 Å². The molecule has 9 aromatic rings. The third-order valence-corrected chi connectivity index (χ3v) is 10.5. The molecular formula is C46H32Cl2FN11O3. The van der Waals surface area contributed by atoms with Gasteiger partial charge in [0.25, 0.3) is 17.7 Å². The number of aryl methyl sites for hydroxylation is 2. The number of primary amides is 3. The van der Waals surface area contributed by atoms with Crippen molar-refractivity contribution in [2.24, 2.45) is 24.2 Å². The van der Waals surface area contributed by atoms with E-state index in [9.17, 15) is 18.8 Å². The summed E-state index contributed by atoms with van der Waals surface area (Å²) in [7, 11) is 1.76. The van der Waals surface area contributed by atoms with E-state index in [0.29, 0.717) is 66.1 Å². The minimum absolute atomic E-state index is 0.293. The van der Waals surface area contributed by atoms with E-state index in [2.05, 4.69) is 37.1 Å². The number of halogens is 3. The lowest BCUT2D eigenvalue weighted by Crippen LogP contribution is -2.16. The highest BCUT2D eigenvalue weighted by Crippen LogP contribution is 2.36. The number of aromatic amines is 2. The zero-order chi connectivity index (χ0) is 45.1. The lowest BCUT2D eigenvalue weighted by Gasteiger charge is -2.05. The van der Waals surface area contributed by atoms with Crippen LogP contribution in [0, 0.1) is 35.4 Å². The van der Waals surface area contributed by atoms with Crippen LogP contribution < -0.4 is 17.2 Å². The summed E-state index contributed by atoms with van der Waals surface area (Å²) in [5, 5.41) is 21.1. The summed E-state index contributed by atoms with van der Waals surface area (Å²) < 4.78 is 15.6. The Balaban J connectivity index is 0.000000142. The third-order valence-electron chi connectivity index (χ3n) is 10.1. The maximum atomic E-state index is 13.8. The fourth-order valence-electron chi connectivity index (χ4n) is 7.29. The number of aromatic nitrogens is 6. The molecule has 3 aromatic carbocycles. The van der Waals surface area contributed by atoms with E-state index < -0.39 is 17.7 Å². The number of benzene rings is 3. The largest absolute Gasteiger partial charge is 0.364 e. The highest BCUT2D eigenvalue weighted by Gasteiger charge is 2.22. The Morgan fingerprint density at radius 1 is 0.683 bits per heavy atom. The minimum Gasteiger partial charge on any atom is -0.364 e. The van der Waals surface area contributed by atoms with Crippen molar-refractivity contribution in [3.63, 3.8) is 0 Å². The van der Waals surface area contributed by atoms with Gasteiger partial charge in [-0.25, -0.2) is 14.4 Å². The predicted molar refractivity (Wildman–Crippen MR) is 239 cm³/mol. The first-order valence-electron chi connectivity index (χ1n) is 18.6. The van der Waals surface area contributed by atoms with Gasteiger partial charge in [0, 0.05) is 70.2 Å². The van der Waals surface area contributed by atoms with Gasteiger partial charge in [-0.2, -0.15) is 10.5 Å². The number of rotatable bonds is 6. The fourth-order valence-corrected chi connectivity index (χ4v) is 7.64. The van der Waals surface area contributed by atoms with E-state index in [1.807, 2.05) is 0 Å². The van der Waals surface area contributed by atoms with E-state index in [0.717, 1.165) is 44.1 Å². The SMILES string of the molecule is Cc1c(C(N)=O)[nH]c2c(-c3ccncc3)cc(F)cc12.Cn1c(C(N)=O)c(-c2ccnc(Cl)c2)c2cc(C#N)ccc21.N#Cc1cc(-c2ccnc(Cl)c2)c2[nH]c(C(N)=O)cc2c1. The summed E-state index contributed by atoms with van der Waals surface area (Å²) in [4.78, 5) is 52.5. The summed E-state index contributed by atoms with van der Waals surface area (Å²) in [6.45, 7) is 1.74. The van der Waals surface area contributed by atoms with Crippen molar-refractivity contribution >= 4 is 73.6 Å². The Kier molecular flexibility index (Phi) is 12.0. The van der Waals surface area contributed by atoms with E-state index in [1.54, 1.807) is 116 Å². The van der Waals surface area contributed by atoms with E-state index in [1.165, 1.54) is 12.1 Å². The second kappa shape index (κ2) is 17.7. The topological polar surface area (TPSA) is 252 Å². The second-order valence-electron chi connectivity index (χ2n) is 14.0. The molecule has 8 N–H and O–H groups in total. The molecule has 9 rings (SSSR count). The molecule has 3 amide bonds. The molecule has 0 saturated heterocycles. The molecule has 0 atom stereocenters. The van der Waals surface area contributed by atoms with Crippen LogP contribution in [-0.4, -0.2) is 47.2 Å². The van der Waals surface area contributed by atoms with Gasteiger partial charge < -0.3 is 31.7 Å². The third kappa shape index (κ3) is 8.64. The van der Waals surface area contributed by atoms with Gasteiger partial charge in [0.2, 0.25) is 0 Å². The molecular weight excluding hydrogens is 844 g/mol. The van der Waals surface area contributed by atoms with Crippen molar-refractivity contribution in [3.8, 4) is 45.5 Å². The number of nitrogens with one attached hydrogen (secondary N) is 2. The zero-order valence-corrected chi connectivity index (χ0v) is 34.7. The molecule has 6 aromatic heterocycles. The number of carbonyl (C=O) groups is 3. The average Bonchev–Trinajstić information content (AvgIpc) is 3.95. The first-order chi connectivity index (χ1) is 30.2. The quantitative estimate of drug-likeness (QED) is 0.101. The Bertz CT molecular complexity index is 3380. The predicted octanol–water partition coefficient (Wildman–Crippen LogP) is 8.49. The van der Waals surface area contributed by atoms with Crippen molar-refractivity contribution in [3.05, 3.63) is 160 Å². The molecule has 0 aliphatic carbocycles. The number of nitrogens with two attached hydrogens (primary N) is 3. The van der Waals surface area contributed by atoms with Gasteiger partial charge >= 0.3 is 0 Å². The second-order valence-corrected chi connectivity index (χ2v) is 14.7. The molecule has 0 bridgehead atoms. The number of fused-ring (bicyclic) bond motifs is 3. The number of pyridine rings is 3. The number of H-pyrrole nitrogens is 2. The Morgan fingerprint density at radius 3 is 1.94 bits per heavy atom. The summed E-state index contributed by atoms with van der Waals surface area (Å²) in [5.41, 5.74) is 25.5. The minimum atomic E-state index is -0.556. The van der Waals surface area contributed by atoms with Crippen molar-refractivity contribution in [1.82, 2.24) is 29.5 Å². The first kappa shape index (κ1) is 42.7. The molecule has 63 heavy (non-hydrogen) atoms. The smallest absolute Gasteiger partial charge is 0.266 e. The lowest BCUT2D eigenvalue weighted by molar-refractivity contribution is 0.0986. The van der Waals surface area contributed by atoms with Crippen LogP contribution in [0.25, 0.3) is 66.1 Å². The Morgan fingerprint density at radius 2 is 1.32 bits per heavy atom. The number of carbonyl (C=O) groups excluding carboxylic acids is 3. The fraction of sp³-hybridized carbons (Fsp3) is 0.0435. The van der Waals surface area contributed by atoms with E-state index >= 15 is 0 Å². The molecule has 0 spiro atoms. The molecule has 6 heterocycles. The Labute approximate surface area is 367 Å². The van der Waals surface area contributed by atoms with Crippen LogP contribution in [0.5, 0.6) is 0 Å². The van der Waals surface area contributed by atoms with Crippen molar-refractivity contribution in [1.29, 1.82) is 10.5 Å². The highest BCUT2D eigenvalue weighted by atomic mass is 35.5. The number of nitriles is 2.